The molecular weight excluding hydrogens is 402 g/mol. The minimum absolute atomic E-state index is 0.00411. The molecule has 4 rings (SSSR count). The number of rotatable bonds is 9. The molecule has 0 heterocycles. The van der Waals surface area contributed by atoms with Crippen LogP contribution in [0.2, 0.25) is 0 Å². The quantitative estimate of drug-likeness (QED) is 0.410. The van der Waals surface area contributed by atoms with Crippen molar-refractivity contribution < 1.29 is 19.4 Å². The van der Waals surface area contributed by atoms with Crippen LogP contribution in [0.3, 0.4) is 0 Å². The van der Waals surface area contributed by atoms with Crippen molar-refractivity contribution in [3.8, 4) is 11.5 Å². The number of carbonyl (C=O) groups excluding carboxylic acids is 1. The van der Waals surface area contributed by atoms with Crippen LogP contribution in [0.5, 0.6) is 11.5 Å². The zero-order valence-electron chi connectivity index (χ0n) is 17.6. The van der Waals surface area contributed by atoms with Crippen LogP contribution >= 0.6 is 0 Å². The Morgan fingerprint density at radius 3 is 2.09 bits per heavy atom. The second kappa shape index (κ2) is 10.5. The molecule has 162 valence electrons. The molecule has 4 aromatic carbocycles. The van der Waals surface area contributed by atoms with Crippen LogP contribution in [0.25, 0.3) is 10.8 Å². The van der Waals surface area contributed by atoms with E-state index in [0.29, 0.717) is 23.6 Å². The Morgan fingerprint density at radius 2 is 1.38 bits per heavy atom. The summed E-state index contributed by atoms with van der Waals surface area (Å²) in [7, 11) is 0. The van der Waals surface area contributed by atoms with Gasteiger partial charge >= 0.3 is 0 Å². The molecule has 0 aliphatic carbocycles. The standard InChI is InChI=1S/C27H25NO4/c29-23(18-31-24-13-5-2-6-14-24)19-32-26-16-22-12-8-7-11-21(22)15-25(26)27(30)28-17-20-9-3-1-4-10-20/h1-16,23,29H,17-19H2,(H,28,30)/t23-/m0/s1. The molecule has 0 aromatic heterocycles. The number of benzene rings is 4. The van der Waals surface area contributed by atoms with Gasteiger partial charge in [-0.25, -0.2) is 0 Å². The lowest BCUT2D eigenvalue weighted by Crippen LogP contribution is -2.27. The maximum Gasteiger partial charge on any atom is 0.255 e. The first kappa shape index (κ1) is 21.4. The Kier molecular flexibility index (Phi) is 7.00. The molecule has 5 nitrogen and oxygen atoms in total. The van der Waals surface area contributed by atoms with Gasteiger partial charge in [0.15, 0.2) is 0 Å². The van der Waals surface area contributed by atoms with Gasteiger partial charge in [0.1, 0.15) is 30.8 Å². The predicted octanol–water partition coefficient (Wildman–Crippen LogP) is 4.59. The van der Waals surface area contributed by atoms with Crippen molar-refractivity contribution in [2.75, 3.05) is 13.2 Å². The van der Waals surface area contributed by atoms with Gasteiger partial charge in [-0.1, -0.05) is 72.8 Å². The Morgan fingerprint density at radius 1 is 0.781 bits per heavy atom. The fraction of sp³-hybridized carbons (Fsp3) is 0.148. The number of hydrogen-bond acceptors (Lipinski definition) is 4. The average Bonchev–Trinajstić information content (AvgIpc) is 2.85. The molecular formula is C27H25NO4. The Hall–Kier alpha value is -3.83. The predicted molar refractivity (Wildman–Crippen MR) is 125 cm³/mol. The van der Waals surface area contributed by atoms with Gasteiger partial charge in [0.2, 0.25) is 0 Å². The highest BCUT2D eigenvalue weighted by atomic mass is 16.5. The molecule has 2 N–H and O–H groups in total. The third kappa shape index (κ3) is 5.65. The van der Waals surface area contributed by atoms with E-state index < -0.39 is 6.10 Å². The van der Waals surface area contributed by atoms with Crippen molar-refractivity contribution in [3.05, 3.63) is 108 Å². The summed E-state index contributed by atoms with van der Waals surface area (Å²) >= 11 is 0. The van der Waals surface area contributed by atoms with E-state index in [2.05, 4.69) is 5.32 Å². The van der Waals surface area contributed by atoms with E-state index in [1.54, 1.807) is 0 Å². The molecule has 0 saturated carbocycles. The summed E-state index contributed by atoms with van der Waals surface area (Å²) in [5.74, 6) is 0.871. The molecule has 0 bridgehead atoms. The fourth-order valence-corrected chi connectivity index (χ4v) is 3.33. The highest BCUT2D eigenvalue weighted by Gasteiger charge is 2.16. The first-order valence-electron chi connectivity index (χ1n) is 10.5. The molecule has 0 unspecified atom stereocenters. The number of amides is 1. The molecule has 1 amide bonds. The van der Waals surface area contributed by atoms with Crippen LogP contribution in [0.15, 0.2) is 97.1 Å². The fourth-order valence-electron chi connectivity index (χ4n) is 3.33. The van der Waals surface area contributed by atoms with Crippen LogP contribution in [0.4, 0.5) is 0 Å². The number of fused-ring (bicyclic) bond motifs is 1. The van der Waals surface area contributed by atoms with Gasteiger partial charge in [-0.3, -0.25) is 4.79 Å². The molecule has 1 atom stereocenters. The molecule has 0 aliphatic heterocycles. The van der Waals surface area contributed by atoms with E-state index in [1.165, 1.54) is 0 Å². The number of aliphatic hydroxyl groups is 1. The summed E-state index contributed by atoms with van der Waals surface area (Å²) in [6.07, 6.45) is -0.845. The van der Waals surface area contributed by atoms with Crippen molar-refractivity contribution >= 4 is 16.7 Å². The highest BCUT2D eigenvalue weighted by Crippen LogP contribution is 2.26. The minimum Gasteiger partial charge on any atom is -0.491 e. The molecule has 0 saturated heterocycles. The van der Waals surface area contributed by atoms with Gasteiger partial charge in [-0.15, -0.1) is 0 Å². The zero-order chi connectivity index (χ0) is 22.2. The van der Waals surface area contributed by atoms with Gasteiger partial charge in [0, 0.05) is 6.54 Å². The van der Waals surface area contributed by atoms with Crippen LogP contribution in [0, 0.1) is 0 Å². The van der Waals surface area contributed by atoms with E-state index in [0.717, 1.165) is 16.3 Å². The summed E-state index contributed by atoms with van der Waals surface area (Å²) in [5, 5.41) is 15.2. The van der Waals surface area contributed by atoms with Gasteiger partial charge < -0.3 is 19.9 Å². The molecule has 0 spiro atoms. The zero-order valence-corrected chi connectivity index (χ0v) is 17.6. The first-order valence-corrected chi connectivity index (χ1v) is 10.5. The highest BCUT2D eigenvalue weighted by molar-refractivity contribution is 6.01. The summed E-state index contributed by atoms with van der Waals surface area (Å²) < 4.78 is 11.5. The summed E-state index contributed by atoms with van der Waals surface area (Å²) in [5.41, 5.74) is 1.44. The lowest BCUT2D eigenvalue weighted by atomic mass is 10.1. The monoisotopic (exact) mass is 427 g/mol. The number of para-hydroxylation sites is 1. The Balaban J connectivity index is 1.45. The first-order chi connectivity index (χ1) is 15.7. The van der Waals surface area contributed by atoms with Crippen molar-refractivity contribution in [1.29, 1.82) is 0 Å². The summed E-state index contributed by atoms with van der Waals surface area (Å²) in [4.78, 5) is 13.0. The number of ether oxygens (including phenoxy) is 2. The second-order valence-corrected chi connectivity index (χ2v) is 7.45. The van der Waals surface area contributed by atoms with Gasteiger partial charge in [0.05, 0.1) is 5.56 Å². The van der Waals surface area contributed by atoms with Gasteiger partial charge in [-0.2, -0.15) is 0 Å². The number of nitrogens with one attached hydrogen (secondary N) is 1. The lowest BCUT2D eigenvalue weighted by molar-refractivity contribution is 0.0619. The Bertz CT molecular complexity index is 1160. The van der Waals surface area contributed by atoms with Crippen LogP contribution in [-0.4, -0.2) is 30.3 Å². The molecule has 0 aliphatic rings. The van der Waals surface area contributed by atoms with Crippen molar-refractivity contribution in [2.24, 2.45) is 0 Å². The number of hydrogen-bond donors (Lipinski definition) is 2. The SMILES string of the molecule is O=C(NCc1ccccc1)c1cc2ccccc2cc1OC[C@@H](O)COc1ccccc1. The van der Waals surface area contributed by atoms with Crippen molar-refractivity contribution in [1.82, 2.24) is 5.32 Å². The molecule has 32 heavy (non-hydrogen) atoms. The summed E-state index contributed by atoms with van der Waals surface area (Å²) in [6, 6.07) is 30.4. The molecule has 0 radical (unpaired) electrons. The van der Waals surface area contributed by atoms with Gasteiger partial charge in [-0.05, 0) is 40.6 Å². The normalized spacial score (nSPS) is 11.7. The maximum absolute atomic E-state index is 13.0. The number of aliphatic hydroxyl groups excluding tert-OH is 1. The van der Waals surface area contributed by atoms with Gasteiger partial charge in [0.25, 0.3) is 5.91 Å². The minimum atomic E-state index is -0.845. The summed E-state index contributed by atoms with van der Waals surface area (Å²) in [6.45, 7) is 0.511. The van der Waals surface area contributed by atoms with Crippen LogP contribution < -0.4 is 14.8 Å². The van der Waals surface area contributed by atoms with E-state index in [-0.39, 0.29) is 19.1 Å². The van der Waals surface area contributed by atoms with Crippen LogP contribution in [-0.2, 0) is 6.54 Å². The third-order valence-electron chi connectivity index (χ3n) is 5.01. The lowest BCUT2D eigenvalue weighted by Gasteiger charge is -2.16. The molecule has 5 heteroatoms. The Labute approximate surface area is 187 Å². The average molecular weight is 428 g/mol. The molecule has 0 fully saturated rings. The van der Waals surface area contributed by atoms with E-state index in [4.69, 9.17) is 9.47 Å². The largest absolute Gasteiger partial charge is 0.491 e. The van der Waals surface area contributed by atoms with E-state index in [9.17, 15) is 9.90 Å². The van der Waals surface area contributed by atoms with Crippen molar-refractivity contribution in [3.63, 3.8) is 0 Å². The van der Waals surface area contributed by atoms with Crippen LogP contribution in [0.1, 0.15) is 15.9 Å². The van der Waals surface area contributed by atoms with E-state index >= 15 is 0 Å². The number of carbonyl (C=O) groups is 1. The van der Waals surface area contributed by atoms with E-state index in [1.807, 2.05) is 97.1 Å². The maximum atomic E-state index is 13.0. The molecule has 4 aromatic rings. The topological polar surface area (TPSA) is 67.8 Å². The van der Waals surface area contributed by atoms with Crippen molar-refractivity contribution in [2.45, 2.75) is 12.6 Å². The smallest absolute Gasteiger partial charge is 0.255 e. The second-order valence-electron chi connectivity index (χ2n) is 7.45. The third-order valence-corrected chi connectivity index (χ3v) is 5.01.